The minimum absolute atomic E-state index is 0.214. The Bertz CT molecular complexity index is 1420. The maximum atomic E-state index is 12.9. The summed E-state index contributed by atoms with van der Waals surface area (Å²) in [4.78, 5) is 22.0. The molecule has 0 aliphatic carbocycles. The Balaban J connectivity index is 1.35. The van der Waals surface area contributed by atoms with E-state index in [0.717, 1.165) is 38.3 Å². The number of nitrogens with zero attached hydrogens (tertiary/aromatic N) is 3. The number of hydrogen-bond donors (Lipinski definition) is 1. The first-order chi connectivity index (χ1) is 15.3. The van der Waals surface area contributed by atoms with Gasteiger partial charge in [-0.15, -0.1) is 11.3 Å². The second-order valence-corrected chi connectivity index (χ2v) is 12.2. The predicted molar refractivity (Wildman–Crippen MR) is 129 cm³/mol. The van der Waals surface area contributed by atoms with Crippen LogP contribution in [0.5, 0.6) is 0 Å². The number of nitrogens with one attached hydrogen (secondary N) is 1. The fourth-order valence-electron chi connectivity index (χ4n) is 4.00. The van der Waals surface area contributed by atoms with Crippen LogP contribution in [-0.4, -0.2) is 41.7 Å². The summed E-state index contributed by atoms with van der Waals surface area (Å²) in [6, 6.07) is 9.96. The quantitative estimate of drug-likeness (QED) is 0.443. The number of carbonyl (C=O) groups excluding carboxylic acids is 1. The molecule has 5 rings (SSSR count). The molecule has 2 aromatic carbocycles. The number of sulfonamides is 1. The number of carbonyl (C=O) groups is 1. The molecule has 0 saturated carbocycles. The van der Waals surface area contributed by atoms with Crippen LogP contribution in [0, 0.1) is 12.8 Å². The van der Waals surface area contributed by atoms with E-state index in [2.05, 4.69) is 22.2 Å². The van der Waals surface area contributed by atoms with Crippen LogP contribution in [0.15, 0.2) is 41.3 Å². The van der Waals surface area contributed by atoms with Crippen molar-refractivity contribution >= 4 is 64.2 Å². The summed E-state index contributed by atoms with van der Waals surface area (Å²) >= 11 is 3.03. The number of fused-ring (bicyclic) bond motifs is 3. The molecule has 1 aliphatic rings. The number of aryl methyl sites for hydroxylation is 1. The molecule has 0 bridgehead atoms. The lowest BCUT2D eigenvalue weighted by Crippen LogP contribution is -2.39. The Morgan fingerprint density at radius 3 is 2.47 bits per heavy atom. The minimum Gasteiger partial charge on any atom is -0.298 e. The van der Waals surface area contributed by atoms with E-state index in [9.17, 15) is 13.2 Å². The van der Waals surface area contributed by atoms with Crippen molar-refractivity contribution in [1.82, 2.24) is 14.3 Å². The average molecular weight is 487 g/mol. The Kier molecular flexibility index (Phi) is 5.48. The summed E-state index contributed by atoms with van der Waals surface area (Å²) in [5.41, 5.74) is 2.13. The summed E-state index contributed by atoms with van der Waals surface area (Å²) in [5, 5.41) is 4.33. The average Bonchev–Trinajstić information content (AvgIpc) is 3.35. The normalized spacial score (nSPS) is 17.8. The molecule has 1 saturated heterocycles. The van der Waals surface area contributed by atoms with Crippen LogP contribution in [0.2, 0.25) is 0 Å². The number of piperidine rings is 1. The zero-order valence-corrected chi connectivity index (χ0v) is 20.1. The van der Waals surface area contributed by atoms with Crippen LogP contribution in [-0.2, 0) is 10.0 Å². The zero-order valence-electron chi connectivity index (χ0n) is 17.7. The minimum atomic E-state index is -3.55. The maximum Gasteiger partial charge on any atom is 0.257 e. The van der Waals surface area contributed by atoms with Gasteiger partial charge in [0.2, 0.25) is 10.0 Å². The molecule has 1 fully saturated rings. The first kappa shape index (κ1) is 21.4. The van der Waals surface area contributed by atoms with Crippen molar-refractivity contribution in [3.05, 3.63) is 47.0 Å². The second kappa shape index (κ2) is 8.18. The third kappa shape index (κ3) is 3.92. The molecule has 3 heterocycles. The Morgan fingerprint density at radius 2 is 1.75 bits per heavy atom. The van der Waals surface area contributed by atoms with Crippen LogP contribution in [0.4, 0.5) is 5.13 Å². The third-order valence-electron chi connectivity index (χ3n) is 5.61. The number of hydrogen-bond acceptors (Lipinski definition) is 7. The molecule has 32 heavy (non-hydrogen) atoms. The van der Waals surface area contributed by atoms with Gasteiger partial charge in [0.15, 0.2) is 5.13 Å². The molecule has 2 aromatic heterocycles. The Labute approximate surface area is 194 Å². The van der Waals surface area contributed by atoms with Gasteiger partial charge in [0, 0.05) is 18.7 Å². The van der Waals surface area contributed by atoms with Crippen LogP contribution in [0.25, 0.3) is 20.4 Å². The topological polar surface area (TPSA) is 92.3 Å². The number of rotatable bonds is 4. The fourth-order valence-corrected chi connectivity index (χ4v) is 7.60. The summed E-state index contributed by atoms with van der Waals surface area (Å²) in [6.07, 6.45) is 1.92. The molecule has 1 amide bonds. The van der Waals surface area contributed by atoms with E-state index >= 15 is 0 Å². The highest BCUT2D eigenvalue weighted by Gasteiger charge is 2.28. The van der Waals surface area contributed by atoms with Gasteiger partial charge < -0.3 is 0 Å². The molecule has 166 valence electrons. The van der Waals surface area contributed by atoms with Gasteiger partial charge in [-0.2, -0.15) is 4.31 Å². The van der Waals surface area contributed by atoms with Crippen molar-refractivity contribution < 1.29 is 13.2 Å². The van der Waals surface area contributed by atoms with E-state index in [-0.39, 0.29) is 10.8 Å². The molecule has 10 heteroatoms. The highest BCUT2D eigenvalue weighted by Crippen LogP contribution is 2.36. The molecule has 1 atom stereocenters. The van der Waals surface area contributed by atoms with E-state index in [1.54, 1.807) is 27.8 Å². The first-order valence-corrected chi connectivity index (χ1v) is 13.5. The van der Waals surface area contributed by atoms with E-state index in [0.29, 0.717) is 29.7 Å². The van der Waals surface area contributed by atoms with E-state index in [4.69, 9.17) is 0 Å². The summed E-state index contributed by atoms with van der Waals surface area (Å²) in [7, 11) is -3.55. The number of thiazole rings is 2. The molecule has 0 unspecified atom stereocenters. The standard InChI is InChI=1S/C22H22N4O3S3/c1-13-4-3-11-26(12-13)32(28,29)16-7-5-15(6-8-16)21(27)25-22-24-18-10-9-17-19(20(18)31-22)30-14(2)23-17/h5-10,13H,3-4,11-12H2,1-2H3,(H,24,25,27)/t13-/m1/s1. The Morgan fingerprint density at radius 1 is 1.06 bits per heavy atom. The lowest BCUT2D eigenvalue weighted by molar-refractivity contribution is 0.102. The smallest absolute Gasteiger partial charge is 0.257 e. The number of aromatic nitrogens is 2. The second-order valence-electron chi connectivity index (χ2n) is 8.10. The van der Waals surface area contributed by atoms with Crippen LogP contribution in [0.3, 0.4) is 0 Å². The van der Waals surface area contributed by atoms with Crippen molar-refractivity contribution in [3.63, 3.8) is 0 Å². The molecule has 0 spiro atoms. The molecular formula is C22H22N4O3S3. The molecule has 0 radical (unpaired) electrons. The molecule has 7 nitrogen and oxygen atoms in total. The van der Waals surface area contributed by atoms with Crippen LogP contribution >= 0.6 is 22.7 Å². The van der Waals surface area contributed by atoms with Crippen molar-refractivity contribution in [2.45, 2.75) is 31.6 Å². The number of anilines is 1. The highest BCUT2D eigenvalue weighted by atomic mass is 32.2. The molecule has 1 N–H and O–H groups in total. The Hall–Kier alpha value is -2.40. The monoisotopic (exact) mass is 486 g/mol. The van der Waals surface area contributed by atoms with Gasteiger partial charge in [-0.25, -0.2) is 18.4 Å². The van der Waals surface area contributed by atoms with Crippen molar-refractivity contribution in [3.8, 4) is 0 Å². The SMILES string of the molecule is Cc1nc2ccc3nc(NC(=O)c4ccc(S(=O)(=O)N5CCC[C@@H](C)C5)cc4)sc3c2s1. The van der Waals surface area contributed by atoms with Gasteiger partial charge in [0.1, 0.15) is 0 Å². The molecular weight excluding hydrogens is 464 g/mol. The third-order valence-corrected chi connectivity index (χ3v) is 9.63. The molecule has 4 aromatic rings. The maximum absolute atomic E-state index is 12.9. The van der Waals surface area contributed by atoms with Gasteiger partial charge in [0.05, 0.1) is 30.3 Å². The number of amides is 1. The van der Waals surface area contributed by atoms with E-state index in [1.807, 2.05) is 19.1 Å². The van der Waals surface area contributed by atoms with Gasteiger partial charge in [-0.1, -0.05) is 18.3 Å². The predicted octanol–water partition coefficient (Wildman–Crippen LogP) is 4.89. The fraction of sp³-hybridized carbons (Fsp3) is 0.318. The highest BCUT2D eigenvalue weighted by molar-refractivity contribution is 7.89. The van der Waals surface area contributed by atoms with Gasteiger partial charge in [0.25, 0.3) is 5.91 Å². The summed E-state index contributed by atoms with van der Waals surface area (Å²) < 4.78 is 29.5. The van der Waals surface area contributed by atoms with Crippen LogP contribution in [0.1, 0.15) is 35.1 Å². The van der Waals surface area contributed by atoms with E-state index < -0.39 is 10.0 Å². The summed E-state index contributed by atoms with van der Waals surface area (Å²) in [5.74, 6) is 0.0313. The van der Waals surface area contributed by atoms with Gasteiger partial charge >= 0.3 is 0 Å². The summed E-state index contributed by atoms with van der Waals surface area (Å²) in [6.45, 7) is 5.11. The van der Waals surface area contributed by atoms with Crippen molar-refractivity contribution in [2.75, 3.05) is 18.4 Å². The van der Waals surface area contributed by atoms with Crippen molar-refractivity contribution in [2.24, 2.45) is 5.92 Å². The lowest BCUT2D eigenvalue weighted by atomic mass is 10.0. The van der Waals surface area contributed by atoms with E-state index in [1.165, 1.54) is 23.5 Å². The molecule has 1 aliphatic heterocycles. The van der Waals surface area contributed by atoms with Gasteiger partial charge in [-0.05, 0) is 62.1 Å². The lowest BCUT2D eigenvalue weighted by Gasteiger charge is -2.30. The van der Waals surface area contributed by atoms with Gasteiger partial charge in [-0.3, -0.25) is 10.1 Å². The largest absolute Gasteiger partial charge is 0.298 e. The zero-order chi connectivity index (χ0) is 22.5. The van der Waals surface area contributed by atoms with Crippen LogP contribution < -0.4 is 5.32 Å². The first-order valence-electron chi connectivity index (χ1n) is 10.4. The number of benzene rings is 2. The van der Waals surface area contributed by atoms with Crippen molar-refractivity contribution in [1.29, 1.82) is 0 Å².